The second kappa shape index (κ2) is 16.8. The monoisotopic (exact) mass is 694 g/mol. The molecule has 2 fully saturated rings. The average molecular weight is 695 g/mol. The summed E-state index contributed by atoms with van der Waals surface area (Å²) < 4.78 is 13.1. The lowest BCUT2D eigenvalue weighted by atomic mass is 9.95. The molecule has 1 amide bonds. The van der Waals surface area contributed by atoms with Gasteiger partial charge in [0.2, 0.25) is 5.91 Å². The van der Waals surface area contributed by atoms with Crippen LogP contribution in [0.5, 0.6) is 5.75 Å². The van der Waals surface area contributed by atoms with Crippen molar-refractivity contribution in [3.8, 4) is 16.9 Å². The summed E-state index contributed by atoms with van der Waals surface area (Å²) in [5.41, 5.74) is 5.24. The second-order valence-corrected chi connectivity index (χ2v) is 14.7. The van der Waals surface area contributed by atoms with E-state index in [9.17, 15) is 25.2 Å². The standard InChI is InChI=1S/C38H50N2O8S/c1-24(2)28-13-12-27(49-18-6-9-35(44)40(3)21-32(42)36(45)37(46)33(43)22-41)19-25(28)23-47-38(15-16-38)31-20-39-17-14-29(31)30-7-4-5-8-34(30)48-26-10-11-26/h4-5,7-8,12-14,17,19-20,24,26,32-33,36-37,41-43,45-46H,6,9-11,15-16,18,21-23H2,1-3H3. The molecule has 2 aliphatic rings. The highest BCUT2D eigenvalue weighted by Crippen LogP contribution is 2.53. The van der Waals surface area contributed by atoms with Crippen molar-refractivity contribution in [2.45, 2.75) is 106 Å². The third kappa shape index (κ3) is 9.61. The van der Waals surface area contributed by atoms with Crippen LogP contribution in [0.15, 0.2) is 65.8 Å². The van der Waals surface area contributed by atoms with Crippen molar-refractivity contribution >= 4 is 17.7 Å². The van der Waals surface area contributed by atoms with E-state index in [1.807, 2.05) is 30.6 Å². The van der Waals surface area contributed by atoms with E-state index in [-0.39, 0.29) is 18.9 Å². The smallest absolute Gasteiger partial charge is 0.222 e. The first-order valence-electron chi connectivity index (χ1n) is 17.2. The van der Waals surface area contributed by atoms with Gasteiger partial charge in [0.15, 0.2) is 0 Å². The van der Waals surface area contributed by atoms with Gasteiger partial charge in [0.25, 0.3) is 0 Å². The van der Waals surface area contributed by atoms with Crippen LogP contribution in [-0.2, 0) is 21.7 Å². The first kappa shape index (κ1) is 37.2. The fraction of sp³-hybridized carbons (Fsp3) is 0.526. The number of hydrogen-bond donors (Lipinski definition) is 5. The third-order valence-electron chi connectivity index (χ3n) is 9.27. The molecule has 0 bridgehead atoms. The number of ether oxygens (including phenoxy) is 2. The zero-order valence-electron chi connectivity index (χ0n) is 28.6. The maximum absolute atomic E-state index is 12.7. The Labute approximate surface area is 293 Å². The van der Waals surface area contributed by atoms with Crippen LogP contribution < -0.4 is 4.74 Å². The summed E-state index contributed by atoms with van der Waals surface area (Å²) in [7, 11) is 1.51. The molecular formula is C38H50N2O8S. The number of carbonyl (C=O) groups is 1. The summed E-state index contributed by atoms with van der Waals surface area (Å²) >= 11 is 1.67. The van der Waals surface area contributed by atoms with Crippen LogP contribution in [-0.4, -0.2) is 97.8 Å². The predicted octanol–water partition coefficient (Wildman–Crippen LogP) is 4.39. The normalized spacial score (nSPS) is 17.7. The van der Waals surface area contributed by atoms with Gasteiger partial charge in [-0.3, -0.25) is 9.78 Å². The summed E-state index contributed by atoms with van der Waals surface area (Å²) in [5, 5.41) is 48.6. The van der Waals surface area contributed by atoms with Gasteiger partial charge in [0, 0.05) is 48.4 Å². The lowest BCUT2D eigenvalue weighted by molar-refractivity contribution is -0.138. The minimum atomic E-state index is -1.73. The van der Waals surface area contributed by atoms with E-state index in [2.05, 4.69) is 49.2 Å². The lowest BCUT2D eigenvalue weighted by Gasteiger charge is -2.28. The number of carbonyl (C=O) groups excluding carboxylic acids is 1. The van der Waals surface area contributed by atoms with Crippen molar-refractivity contribution in [2.24, 2.45) is 0 Å². The van der Waals surface area contributed by atoms with Crippen LogP contribution in [0.25, 0.3) is 11.1 Å². The highest BCUT2D eigenvalue weighted by atomic mass is 32.2. The van der Waals surface area contributed by atoms with Crippen molar-refractivity contribution in [3.63, 3.8) is 0 Å². The number of nitrogens with zero attached hydrogens (tertiary/aromatic N) is 2. The Morgan fingerprint density at radius 1 is 1.02 bits per heavy atom. The molecule has 1 heterocycles. The molecule has 49 heavy (non-hydrogen) atoms. The Morgan fingerprint density at radius 3 is 2.45 bits per heavy atom. The molecule has 0 radical (unpaired) electrons. The molecule has 4 atom stereocenters. The highest BCUT2D eigenvalue weighted by Gasteiger charge is 2.48. The van der Waals surface area contributed by atoms with Crippen LogP contribution in [0.4, 0.5) is 0 Å². The summed E-state index contributed by atoms with van der Waals surface area (Å²) in [6, 6.07) is 16.8. The predicted molar refractivity (Wildman–Crippen MR) is 188 cm³/mol. The molecule has 2 aliphatic carbocycles. The molecule has 0 aliphatic heterocycles. The van der Waals surface area contributed by atoms with Gasteiger partial charge in [0.1, 0.15) is 30.2 Å². The van der Waals surface area contributed by atoms with E-state index >= 15 is 0 Å². The number of aliphatic hydroxyl groups is 5. The molecule has 4 unspecified atom stereocenters. The fourth-order valence-electron chi connectivity index (χ4n) is 5.99. The third-order valence-corrected chi connectivity index (χ3v) is 10.3. The number of hydrogen-bond acceptors (Lipinski definition) is 10. The van der Waals surface area contributed by atoms with Crippen LogP contribution in [0.1, 0.15) is 75.0 Å². The van der Waals surface area contributed by atoms with Gasteiger partial charge < -0.3 is 39.9 Å². The quantitative estimate of drug-likeness (QED) is 0.0903. The van der Waals surface area contributed by atoms with Crippen molar-refractivity contribution in [3.05, 3.63) is 77.6 Å². The van der Waals surface area contributed by atoms with Gasteiger partial charge in [-0.15, -0.1) is 11.8 Å². The first-order chi connectivity index (χ1) is 23.5. The molecule has 2 saturated carbocycles. The molecule has 0 spiro atoms. The SMILES string of the molecule is CC(C)c1ccc(SCCCC(=O)N(C)CC(O)C(O)C(O)C(O)CO)cc1COC1(c2cnccc2-c2ccccc2OC2CC2)CC1. The van der Waals surface area contributed by atoms with Crippen molar-refractivity contribution in [1.29, 1.82) is 0 Å². The number of pyridine rings is 1. The highest BCUT2D eigenvalue weighted by molar-refractivity contribution is 7.99. The number of aliphatic hydroxyl groups excluding tert-OH is 5. The molecule has 2 aromatic carbocycles. The zero-order valence-corrected chi connectivity index (χ0v) is 29.4. The Kier molecular flexibility index (Phi) is 12.8. The fourth-order valence-corrected chi connectivity index (χ4v) is 6.90. The summed E-state index contributed by atoms with van der Waals surface area (Å²) in [6.45, 7) is 3.86. The average Bonchev–Trinajstić information content (AvgIpc) is 4.06. The lowest BCUT2D eigenvalue weighted by Crippen LogP contribution is -2.49. The number of para-hydroxylation sites is 1. The Morgan fingerprint density at radius 2 is 1.76 bits per heavy atom. The van der Waals surface area contributed by atoms with Crippen molar-refractivity contribution in [2.75, 3.05) is 26.0 Å². The van der Waals surface area contributed by atoms with Crippen LogP contribution in [0, 0.1) is 0 Å². The van der Waals surface area contributed by atoms with E-state index in [1.165, 1.54) is 17.5 Å². The topological polar surface area (TPSA) is 153 Å². The molecule has 10 nitrogen and oxygen atoms in total. The van der Waals surface area contributed by atoms with Crippen molar-refractivity contribution < 1.29 is 39.8 Å². The van der Waals surface area contributed by atoms with Gasteiger partial charge in [0.05, 0.1) is 24.9 Å². The number of benzene rings is 2. The number of thioether (sulfide) groups is 1. The van der Waals surface area contributed by atoms with Gasteiger partial charge in [-0.1, -0.05) is 38.1 Å². The molecule has 266 valence electrons. The van der Waals surface area contributed by atoms with E-state index in [4.69, 9.17) is 14.6 Å². The van der Waals surface area contributed by atoms with Crippen molar-refractivity contribution in [1.82, 2.24) is 9.88 Å². The Hall–Kier alpha value is -3.03. The summed E-state index contributed by atoms with van der Waals surface area (Å²) in [6.07, 6.45) is 2.47. The minimum Gasteiger partial charge on any atom is -0.490 e. The Balaban J connectivity index is 1.18. The molecule has 1 aromatic heterocycles. The number of aromatic nitrogens is 1. The van der Waals surface area contributed by atoms with Gasteiger partial charge in [-0.2, -0.15) is 0 Å². The molecular weight excluding hydrogens is 644 g/mol. The van der Waals surface area contributed by atoms with Gasteiger partial charge in [-0.05, 0) is 84.7 Å². The van der Waals surface area contributed by atoms with Crippen LogP contribution >= 0.6 is 11.8 Å². The number of likely N-dealkylation sites (N-methyl/N-ethyl adjacent to an activating group) is 1. The minimum absolute atomic E-state index is 0.209. The van der Waals surface area contributed by atoms with Crippen LogP contribution in [0.3, 0.4) is 0 Å². The molecule has 3 aromatic rings. The summed E-state index contributed by atoms with van der Waals surface area (Å²) in [5.74, 6) is 1.72. The molecule has 5 N–H and O–H groups in total. The van der Waals surface area contributed by atoms with E-state index in [0.717, 1.165) is 58.6 Å². The summed E-state index contributed by atoms with van der Waals surface area (Å²) in [4.78, 5) is 19.6. The maximum atomic E-state index is 12.7. The molecule has 0 saturated heterocycles. The van der Waals surface area contributed by atoms with E-state index in [0.29, 0.717) is 30.8 Å². The maximum Gasteiger partial charge on any atom is 0.222 e. The van der Waals surface area contributed by atoms with E-state index < -0.39 is 36.6 Å². The zero-order chi connectivity index (χ0) is 35.1. The van der Waals surface area contributed by atoms with Gasteiger partial charge in [-0.25, -0.2) is 0 Å². The Bertz CT molecular complexity index is 1550. The first-order valence-corrected chi connectivity index (χ1v) is 18.2. The molecule has 5 rings (SSSR count). The van der Waals surface area contributed by atoms with E-state index in [1.54, 1.807) is 11.8 Å². The van der Waals surface area contributed by atoms with Gasteiger partial charge >= 0.3 is 0 Å². The number of rotatable bonds is 19. The number of amides is 1. The molecule has 11 heteroatoms. The second-order valence-electron chi connectivity index (χ2n) is 13.6. The largest absolute Gasteiger partial charge is 0.490 e. The van der Waals surface area contributed by atoms with Crippen LogP contribution in [0.2, 0.25) is 0 Å².